The van der Waals surface area contributed by atoms with E-state index < -0.39 is 0 Å². The lowest BCUT2D eigenvalue weighted by Crippen LogP contribution is -1.95. The van der Waals surface area contributed by atoms with Crippen molar-refractivity contribution in [3.05, 3.63) is 388 Å². The first-order chi connectivity index (χ1) is 54.6. The molecule has 0 spiro atoms. The lowest BCUT2D eigenvalue weighted by Gasteiger charge is -2.12. The van der Waals surface area contributed by atoms with Crippen molar-refractivity contribution in [3.8, 4) is 67.3 Å². The Bertz CT molecular complexity index is 7900. The molecular weight excluding hydrogens is 1340 g/mol. The molecule has 0 N–H and O–H groups in total. The molecule has 6 nitrogen and oxygen atoms in total. The molecule has 110 heavy (non-hydrogen) atoms. The summed E-state index contributed by atoms with van der Waals surface area (Å²) in [5.41, 5.74) is 27.1. The van der Waals surface area contributed by atoms with Crippen molar-refractivity contribution in [1.29, 1.82) is 0 Å². The molecule has 0 bridgehead atoms. The van der Waals surface area contributed by atoms with Crippen molar-refractivity contribution in [2.24, 2.45) is 0 Å². The summed E-state index contributed by atoms with van der Waals surface area (Å²) < 4.78 is 22.9. The second-order valence-corrected chi connectivity index (χ2v) is 29.0. The second kappa shape index (κ2) is 24.4. The molecule has 0 unspecified atom stereocenters. The Morgan fingerprint density at radius 1 is 0.164 bits per heavy atom. The molecule has 0 aliphatic carbocycles. The summed E-state index contributed by atoms with van der Waals surface area (Å²) in [5.74, 6) is 0. The van der Waals surface area contributed by atoms with Gasteiger partial charge in [0.1, 0.15) is 22.3 Å². The zero-order valence-electron chi connectivity index (χ0n) is 59.6. The molecule has 6 aromatic heterocycles. The average molecular weight is 1400 g/mol. The Balaban J connectivity index is 0.000000132. The summed E-state index contributed by atoms with van der Waals surface area (Å²) in [4.78, 5) is 0. The highest BCUT2D eigenvalue weighted by Crippen LogP contribution is 2.47. The third-order valence-corrected chi connectivity index (χ3v) is 23.0. The number of furan rings is 2. The number of rotatable bonds is 8. The monoisotopic (exact) mass is 1400 g/mol. The van der Waals surface area contributed by atoms with E-state index in [0.29, 0.717) is 0 Å². The number of para-hydroxylation sites is 4. The minimum absolute atomic E-state index is 0.902. The summed E-state index contributed by atoms with van der Waals surface area (Å²) in [7, 11) is 0. The average Bonchev–Trinajstić information content (AvgIpc) is 1.56. The van der Waals surface area contributed by atoms with Crippen LogP contribution in [0.15, 0.2) is 397 Å². The molecule has 0 saturated heterocycles. The highest BCUT2D eigenvalue weighted by Gasteiger charge is 2.25. The van der Waals surface area contributed by atoms with E-state index in [1.54, 1.807) is 0 Å². The van der Waals surface area contributed by atoms with Crippen LogP contribution in [0.2, 0.25) is 0 Å². The van der Waals surface area contributed by atoms with Crippen molar-refractivity contribution in [2.45, 2.75) is 0 Å². The van der Waals surface area contributed by atoms with Crippen molar-refractivity contribution < 1.29 is 8.83 Å². The molecule has 0 radical (unpaired) electrons. The number of fused-ring (bicyclic) bond motifs is 22. The van der Waals surface area contributed by atoms with Crippen LogP contribution in [0.1, 0.15) is 0 Å². The maximum atomic E-state index is 6.73. The zero-order chi connectivity index (χ0) is 72.1. The third kappa shape index (κ3) is 9.49. The lowest BCUT2D eigenvalue weighted by atomic mass is 9.99. The highest BCUT2D eigenvalue weighted by atomic mass is 16.3. The predicted octanol–water partition coefficient (Wildman–Crippen LogP) is 28.5. The van der Waals surface area contributed by atoms with Gasteiger partial charge in [-0.15, -0.1) is 0 Å². The molecule has 512 valence electrons. The maximum Gasteiger partial charge on any atom is 0.145 e. The number of benzene rings is 18. The van der Waals surface area contributed by atoms with Crippen LogP contribution >= 0.6 is 0 Å². The van der Waals surface area contributed by atoms with Gasteiger partial charge in [-0.3, -0.25) is 0 Å². The van der Waals surface area contributed by atoms with Crippen LogP contribution in [0, 0.1) is 0 Å². The van der Waals surface area contributed by atoms with Gasteiger partial charge in [-0.25, -0.2) is 0 Å². The van der Waals surface area contributed by atoms with E-state index in [2.05, 4.69) is 394 Å². The Hall–Kier alpha value is -14.7. The van der Waals surface area contributed by atoms with Gasteiger partial charge in [-0.2, -0.15) is 0 Å². The van der Waals surface area contributed by atoms with Gasteiger partial charge in [0, 0.05) is 81.4 Å². The first kappa shape index (κ1) is 61.6. The Kier molecular flexibility index (Phi) is 13.7. The minimum Gasteiger partial charge on any atom is -0.456 e. The zero-order valence-corrected chi connectivity index (χ0v) is 59.6. The van der Waals surface area contributed by atoms with E-state index in [1.807, 2.05) is 12.1 Å². The third-order valence-electron chi connectivity index (χ3n) is 23.0. The number of hydrogen-bond acceptors (Lipinski definition) is 2. The van der Waals surface area contributed by atoms with E-state index in [0.717, 1.165) is 82.7 Å². The Morgan fingerprint density at radius 3 is 1.06 bits per heavy atom. The highest BCUT2D eigenvalue weighted by molar-refractivity contribution is 6.29. The summed E-state index contributed by atoms with van der Waals surface area (Å²) in [5, 5.41) is 19.2. The summed E-state index contributed by atoms with van der Waals surface area (Å²) >= 11 is 0. The van der Waals surface area contributed by atoms with Gasteiger partial charge in [0.05, 0.1) is 60.9 Å². The van der Waals surface area contributed by atoms with E-state index in [9.17, 15) is 0 Å². The number of nitrogens with zero attached hydrogens (tertiary/aromatic N) is 4. The van der Waals surface area contributed by atoms with Crippen LogP contribution < -0.4 is 0 Å². The Labute approximate surface area is 631 Å². The Morgan fingerprint density at radius 2 is 0.527 bits per heavy atom. The maximum absolute atomic E-state index is 6.73. The fourth-order valence-corrected chi connectivity index (χ4v) is 18.1. The van der Waals surface area contributed by atoms with Crippen LogP contribution in [0.5, 0.6) is 0 Å². The molecule has 18 aromatic carbocycles. The quantitative estimate of drug-likeness (QED) is 0.152. The van der Waals surface area contributed by atoms with E-state index in [-0.39, 0.29) is 0 Å². The van der Waals surface area contributed by atoms with E-state index in [4.69, 9.17) is 8.83 Å². The lowest BCUT2D eigenvalue weighted by molar-refractivity contribution is 0.669. The first-order valence-electron chi connectivity index (χ1n) is 37.7. The molecule has 0 atom stereocenters. The molecule has 0 amide bonds. The SMILES string of the molecule is c1ccc(-c2cccc(-n3c4ccc(-c5ccc6c(c5)c5ccccc5n6-c5cccc6ccccc56)cc4c4c5c(ccc43)oc3ccccc35)c2)cc1.c1ccc(-c2cccc(-n3c4ccc(-c5ccc6c(c5)c5ccccc5n6-c5cccc6ccccc56)cc4c4c5oc6ccccc6c5ccc43)c2)cc1. The van der Waals surface area contributed by atoms with Crippen LogP contribution in [0.4, 0.5) is 0 Å². The first-order valence-corrected chi connectivity index (χ1v) is 37.7. The van der Waals surface area contributed by atoms with Crippen molar-refractivity contribution in [2.75, 3.05) is 0 Å². The van der Waals surface area contributed by atoms with Gasteiger partial charge in [-0.1, -0.05) is 255 Å². The fraction of sp³-hybridized carbons (Fsp3) is 0. The van der Waals surface area contributed by atoms with Gasteiger partial charge in [0.15, 0.2) is 0 Å². The van der Waals surface area contributed by atoms with Crippen molar-refractivity contribution in [3.63, 3.8) is 0 Å². The molecule has 0 saturated carbocycles. The molecule has 0 aliphatic rings. The molecule has 6 heterocycles. The summed E-state index contributed by atoms with van der Waals surface area (Å²) in [6.07, 6.45) is 0. The standard InChI is InChI=1S/2C52H32N2O/c1-2-12-33(13-3-1)35-16-10-17-38(30-35)53-48-28-25-37(32-44(48)51-49(53)29-26-42-41-20-7-9-23-50(41)55-52(42)51)36-24-27-47-43(31-36)40-19-6-8-21-46(40)54(47)45-22-11-15-34-14-4-5-18-39(34)45;1-2-12-33(13-3-1)35-16-10-17-38(30-35)53-47-27-25-37(32-43(47)51-48(53)28-29-50-52(51)41-20-7-9-23-49(41)55-50)36-24-26-46-42(31-36)40-19-6-8-21-45(40)54(46)44-22-11-15-34-14-4-5-18-39(34)44/h2*1-32H. The molecule has 0 aliphatic heterocycles. The van der Waals surface area contributed by atoms with Crippen LogP contribution in [0.25, 0.3) is 220 Å². The van der Waals surface area contributed by atoms with Crippen LogP contribution in [-0.2, 0) is 0 Å². The summed E-state index contributed by atoms with van der Waals surface area (Å²) in [6.45, 7) is 0. The van der Waals surface area contributed by atoms with E-state index >= 15 is 0 Å². The van der Waals surface area contributed by atoms with Crippen molar-refractivity contribution >= 4 is 153 Å². The van der Waals surface area contributed by atoms with Gasteiger partial charge in [-0.05, 0) is 189 Å². The fourth-order valence-electron chi connectivity index (χ4n) is 18.1. The molecular formula is C104H64N4O2. The molecule has 0 fully saturated rings. The number of aromatic nitrogens is 4. The topological polar surface area (TPSA) is 46.0 Å². The predicted molar refractivity (Wildman–Crippen MR) is 462 cm³/mol. The number of hydrogen-bond donors (Lipinski definition) is 0. The van der Waals surface area contributed by atoms with Gasteiger partial charge < -0.3 is 27.1 Å². The molecule has 6 heteroatoms. The molecule has 24 aromatic rings. The van der Waals surface area contributed by atoms with Gasteiger partial charge in [0.25, 0.3) is 0 Å². The minimum atomic E-state index is 0.902. The summed E-state index contributed by atoms with van der Waals surface area (Å²) in [6, 6.07) is 140. The van der Waals surface area contributed by atoms with Crippen LogP contribution in [0.3, 0.4) is 0 Å². The van der Waals surface area contributed by atoms with Gasteiger partial charge >= 0.3 is 0 Å². The second-order valence-electron chi connectivity index (χ2n) is 29.0. The van der Waals surface area contributed by atoms with Crippen molar-refractivity contribution in [1.82, 2.24) is 18.3 Å². The van der Waals surface area contributed by atoms with Crippen LogP contribution in [-0.4, -0.2) is 18.3 Å². The van der Waals surface area contributed by atoms with Gasteiger partial charge in [0.2, 0.25) is 0 Å². The smallest absolute Gasteiger partial charge is 0.145 e. The molecule has 24 rings (SSSR count). The largest absolute Gasteiger partial charge is 0.456 e. The normalized spacial score (nSPS) is 12.0. The van der Waals surface area contributed by atoms with E-state index in [1.165, 1.54) is 137 Å².